The lowest BCUT2D eigenvalue weighted by atomic mass is 9.79. The van der Waals surface area contributed by atoms with E-state index < -0.39 is 83.2 Å². The second-order valence-corrected chi connectivity index (χ2v) is 31.9. The fourth-order valence-electron chi connectivity index (χ4n) is 16.3. The Balaban J connectivity index is 1.11. The summed E-state index contributed by atoms with van der Waals surface area (Å²) in [6.07, 6.45) is 6.66. The molecule has 2 aliphatic heterocycles. The molecule has 11 aromatic carbocycles. The van der Waals surface area contributed by atoms with Crippen LogP contribution in [0.4, 0.5) is 0 Å². The first-order chi connectivity index (χ1) is 64.1. The molecule has 0 saturated carbocycles. The molecule has 26 heteroatoms. The molecule has 2 aliphatic rings. The van der Waals surface area contributed by atoms with Crippen molar-refractivity contribution in [1.82, 2.24) is 19.6 Å². The third-order valence-corrected chi connectivity index (χ3v) is 23.5. The van der Waals surface area contributed by atoms with Crippen molar-refractivity contribution in [2.24, 2.45) is 11.8 Å². The SMILES string of the molecule is C=CC(=O)OCCOCCc1ccc(Oc2cc3c4c(cc(Oc5ccc(CCOCCOC(=O)C=C)cc5)c5c6c(Oc7ccc(CCOCCOC(=O)C=C)cc7)cc7c8c(cc(Oc9ccc(CCOCCOC(=O)C=C)cc9)c(c2c45)c86)C(=O)N(C(C(=O)N(CC)Cc2ccccc2)C(C)CC)C7=O)C(=O)N(C(C(=O)N(CC)Cc2ccccc2)C(C)CC)C3=O)cc1. The average Bonchev–Trinajstić information content (AvgIpc) is 0.668. The number of hydrogen-bond acceptors (Lipinski definition) is 22. The summed E-state index contributed by atoms with van der Waals surface area (Å²) in [7, 11) is 0. The lowest BCUT2D eigenvalue weighted by molar-refractivity contribution is -0.140. The Bertz CT molecular complexity index is 5410. The van der Waals surface area contributed by atoms with Crippen molar-refractivity contribution in [1.29, 1.82) is 0 Å². The third kappa shape index (κ3) is 22.3. The largest absolute Gasteiger partial charge is 0.460 e. The molecule has 0 saturated heterocycles. The summed E-state index contributed by atoms with van der Waals surface area (Å²) in [6.45, 7) is 27.2. The van der Waals surface area contributed by atoms with Gasteiger partial charge in [0, 0.05) is 93.6 Å². The molecule has 26 nitrogen and oxygen atoms in total. The summed E-state index contributed by atoms with van der Waals surface area (Å²) in [5.74, 6) is -6.91. The number of fused-ring (bicyclic) bond motifs is 2. The van der Waals surface area contributed by atoms with Crippen LogP contribution < -0.4 is 18.9 Å². The number of likely N-dealkylation sites (N-methyl/N-ethyl adjacent to an activating group) is 2. The van der Waals surface area contributed by atoms with Crippen LogP contribution in [-0.2, 0) is 105 Å². The van der Waals surface area contributed by atoms with Crippen molar-refractivity contribution in [2.75, 3.05) is 92.4 Å². The van der Waals surface area contributed by atoms with Crippen LogP contribution >= 0.6 is 0 Å². The molecule has 684 valence electrons. The molecule has 2 heterocycles. The third-order valence-electron chi connectivity index (χ3n) is 23.5. The highest BCUT2D eigenvalue weighted by Crippen LogP contribution is 2.58. The maximum Gasteiger partial charge on any atom is 0.330 e. The molecular weight excluding hydrogens is 1680 g/mol. The van der Waals surface area contributed by atoms with Gasteiger partial charge in [-0.15, -0.1) is 0 Å². The Morgan fingerprint density at radius 1 is 0.311 bits per heavy atom. The fraction of sp³-hybridized carbons (Fsp3) is 0.302. The van der Waals surface area contributed by atoms with Crippen LogP contribution in [0, 0.1) is 11.8 Å². The monoisotopic (exact) mass is 1790 g/mol. The lowest BCUT2D eigenvalue weighted by Gasteiger charge is -2.39. The van der Waals surface area contributed by atoms with E-state index >= 15 is 28.8 Å². The number of ether oxygens (including phenoxy) is 12. The number of carbonyl (C=O) groups is 10. The van der Waals surface area contributed by atoms with Gasteiger partial charge in [0.2, 0.25) is 11.8 Å². The lowest BCUT2D eigenvalue weighted by Crippen LogP contribution is -2.57. The first-order valence-electron chi connectivity index (χ1n) is 44.4. The van der Waals surface area contributed by atoms with E-state index in [1.54, 1.807) is 82.6 Å². The molecule has 132 heavy (non-hydrogen) atoms. The number of nitrogens with zero attached hydrogens (tertiary/aromatic N) is 4. The fourth-order valence-corrected chi connectivity index (χ4v) is 16.3. The van der Waals surface area contributed by atoms with Crippen molar-refractivity contribution >= 4 is 102 Å². The van der Waals surface area contributed by atoms with E-state index in [4.69, 9.17) is 56.8 Å². The zero-order valence-corrected chi connectivity index (χ0v) is 75.1. The second kappa shape index (κ2) is 45.4. The van der Waals surface area contributed by atoms with E-state index in [1.165, 1.54) is 0 Å². The van der Waals surface area contributed by atoms with E-state index in [0.29, 0.717) is 38.5 Å². The first kappa shape index (κ1) is 95.4. The van der Waals surface area contributed by atoms with Gasteiger partial charge in [-0.25, -0.2) is 19.2 Å². The van der Waals surface area contributed by atoms with Crippen LogP contribution in [0.3, 0.4) is 0 Å². The van der Waals surface area contributed by atoms with Gasteiger partial charge in [0.1, 0.15) is 84.5 Å². The molecule has 0 spiro atoms. The molecule has 0 radical (unpaired) electrons. The highest BCUT2D eigenvalue weighted by atomic mass is 16.6. The zero-order chi connectivity index (χ0) is 93.5. The molecule has 0 N–H and O–H groups in total. The van der Waals surface area contributed by atoms with Gasteiger partial charge in [-0.05, 0) is 158 Å². The minimum Gasteiger partial charge on any atom is -0.460 e. The van der Waals surface area contributed by atoms with Gasteiger partial charge >= 0.3 is 23.9 Å². The summed E-state index contributed by atoms with van der Waals surface area (Å²) in [5.41, 5.74) is 4.70. The van der Waals surface area contributed by atoms with Gasteiger partial charge in [0.25, 0.3) is 23.6 Å². The van der Waals surface area contributed by atoms with Crippen LogP contribution in [0.5, 0.6) is 46.0 Å². The Morgan fingerprint density at radius 3 is 0.773 bits per heavy atom. The van der Waals surface area contributed by atoms with Gasteiger partial charge in [0.15, 0.2) is 0 Å². The van der Waals surface area contributed by atoms with Crippen LogP contribution in [-0.4, -0.2) is 183 Å². The molecule has 11 aromatic rings. The van der Waals surface area contributed by atoms with E-state index in [9.17, 15) is 19.2 Å². The molecule has 0 bridgehead atoms. The average molecular weight is 1790 g/mol. The Morgan fingerprint density at radius 2 is 0.553 bits per heavy atom. The number of benzene rings is 11. The molecule has 0 aromatic heterocycles. The van der Waals surface area contributed by atoms with Gasteiger partial charge in [0.05, 0.1) is 75.1 Å². The number of hydrogen-bond donors (Lipinski definition) is 0. The number of carbonyl (C=O) groups excluding carboxylic acids is 10. The minimum absolute atomic E-state index is 0.00742. The van der Waals surface area contributed by atoms with Crippen LogP contribution in [0.1, 0.15) is 129 Å². The summed E-state index contributed by atoms with van der Waals surface area (Å²) in [6, 6.07) is 51.0. The number of amides is 6. The number of imide groups is 2. The topological polar surface area (TPSA) is 294 Å². The molecule has 0 aliphatic carbocycles. The first-order valence-corrected chi connectivity index (χ1v) is 44.4. The quantitative estimate of drug-likeness (QED) is 0.00651. The minimum atomic E-state index is -1.39. The van der Waals surface area contributed by atoms with Crippen molar-refractivity contribution in [2.45, 2.75) is 105 Å². The standard InChI is InChI=1S/C106H108N4O22/c1-11-67(9)99(105(119)107(17-7)65-73-25-21-19-22-26-73)109-101(115)79-61-83(129-75-37-29-69(30-38-75)45-49-121-53-57-125-87(111)13-3)93-95-85(131-77-41-33-71(34-42-77)47-51-123-55-59-127-89(113)15-5)63-81-92-82(104(118)110(103(81)117)100(68(10)12-2)106(120)108(18-8)66-74-27-23-20-24-28-74)64-86(132-78-43-35-72(36-44-78)48-52-124-56-60-128-90(114)16-6)96(98(92)95)94-84(62-80(102(109)116)91(79)97(93)94)130-76-39-31-70(32-40-76)46-50-122-54-58-126-88(112)14-4/h13-16,19-44,61-64,67-68,99-100H,3-6,11-12,17-18,45-60,65-66H2,1-2,7-10H3. The van der Waals surface area contributed by atoms with Gasteiger partial charge in [-0.2, -0.15) is 0 Å². The number of rotatable bonds is 50. The Kier molecular flexibility index (Phi) is 32.8. The van der Waals surface area contributed by atoms with Gasteiger partial charge in [-0.1, -0.05) is 176 Å². The van der Waals surface area contributed by atoms with Crippen molar-refractivity contribution in [3.63, 3.8) is 0 Å². The van der Waals surface area contributed by atoms with Crippen molar-refractivity contribution < 1.29 is 105 Å². The zero-order valence-electron chi connectivity index (χ0n) is 75.1. The predicted molar refractivity (Wildman–Crippen MR) is 499 cm³/mol. The van der Waals surface area contributed by atoms with Crippen LogP contribution in [0.25, 0.3) is 43.1 Å². The summed E-state index contributed by atoms with van der Waals surface area (Å²) >= 11 is 0. The van der Waals surface area contributed by atoms with Crippen LogP contribution in [0.15, 0.2) is 233 Å². The van der Waals surface area contributed by atoms with Gasteiger partial charge < -0.3 is 66.6 Å². The summed E-state index contributed by atoms with van der Waals surface area (Å²) < 4.78 is 73.8. The molecule has 4 unspecified atom stereocenters. The summed E-state index contributed by atoms with van der Waals surface area (Å²) in [4.78, 5) is 152. The molecule has 4 atom stereocenters. The van der Waals surface area contributed by atoms with Gasteiger partial charge in [-0.3, -0.25) is 38.6 Å². The summed E-state index contributed by atoms with van der Waals surface area (Å²) in [5, 5.41) is 1.34. The second-order valence-electron chi connectivity index (χ2n) is 31.9. The van der Waals surface area contributed by atoms with Crippen LogP contribution in [0.2, 0.25) is 0 Å². The molecular formula is C106H108N4O22. The number of esters is 4. The van der Waals surface area contributed by atoms with E-state index in [0.717, 1.165) is 67.5 Å². The molecule has 0 fully saturated rings. The van der Waals surface area contributed by atoms with E-state index in [2.05, 4.69) is 26.3 Å². The molecule has 13 rings (SSSR count). The van der Waals surface area contributed by atoms with Crippen molar-refractivity contribution in [3.05, 3.63) is 288 Å². The predicted octanol–water partition coefficient (Wildman–Crippen LogP) is 18.2. The highest BCUT2D eigenvalue weighted by molar-refractivity contribution is 6.45. The maximum absolute atomic E-state index is 16.9. The van der Waals surface area contributed by atoms with E-state index in [1.807, 2.05) is 151 Å². The molecule has 6 amide bonds. The maximum atomic E-state index is 16.9. The van der Waals surface area contributed by atoms with E-state index in [-0.39, 0.29) is 217 Å². The van der Waals surface area contributed by atoms with Crippen molar-refractivity contribution in [3.8, 4) is 46.0 Å². The highest BCUT2D eigenvalue weighted by Gasteiger charge is 2.49. The normalized spacial score (nSPS) is 13.2. The Hall–Kier alpha value is -14.2. The smallest absolute Gasteiger partial charge is 0.330 e. The Labute approximate surface area is 766 Å².